The zero-order valence-electron chi connectivity index (χ0n) is 9.71. The molecule has 0 aromatic rings. The van der Waals surface area contributed by atoms with E-state index in [-0.39, 0.29) is 6.04 Å². The molecule has 0 aromatic carbocycles. The number of piperidine rings is 1. The van der Waals surface area contributed by atoms with Gasteiger partial charge in [-0.05, 0) is 25.7 Å². The minimum atomic E-state index is -3.34. The number of hydrogen-bond acceptors (Lipinski definition) is 4. The summed E-state index contributed by atoms with van der Waals surface area (Å²) in [4.78, 5) is 13.9. The molecule has 0 aliphatic carbocycles. The first-order valence-corrected chi connectivity index (χ1v) is 7.36. The Morgan fingerprint density at radius 1 is 1.06 bits per heavy atom. The van der Waals surface area contributed by atoms with Gasteiger partial charge in [-0.2, -0.15) is 17.0 Å². The molecule has 7 heteroatoms. The highest BCUT2D eigenvalue weighted by molar-refractivity contribution is 7.86. The van der Waals surface area contributed by atoms with Crippen molar-refractivity contribution in [2.75, 3.05) is 26.2 Å². The van der Waals surface area contributed by atoms with E-state index < -0.39 is 10.2 Å². The Kier molecular flexibility index (Phi) is 3.93. The highest BCUT2D eigenvalue weighted by Crippen LogP contribution is 2.21. The Balaban J connectivity index is 2.07. The summed E-state index contributed by atoms with van der Waals surface area (Å²) < 4.78 is 27.5. The van der Waals surface area contributed by atoms with Gasteiger partial charge in [0.25, 0.3) is 10.2 Å². The molecule has 2 saturated heterocycles. The van der Waals surface area contributed by atoms with E-state index in [9.17, 15) is 13.2 Å². The molecule has 0 amide bonds. The predicted molar refractivity (Wildman–Crippen MR) is 62.4 cm³/mol. The van der Waals surface area contributed by atoms with Gasteiger partial charge in [0.05, 0.1) is 6.04 Å². The summed E-state index contributed by atoms with van der Waals surface area (Å²) in [7, 11) is -3.34. The first kappa shape index (κ1) is 12.7. The van der Waals surface area contributed by atoms with Gasteiger partial charge in [0, 0.05) is 26.2 Å². The van der Waals surface area contributed by atoms with Crippen LogP contribution in [0.2, 0.25) is 0 Å². The molecule has 6 nitrogen and oxygen atoms in total. The molecule has 0 saturated carbocycles. The maximum atomic E-state index is 12.2. The average Bonchev–Trinajstić information content (AvgIpc) is 2.84. The zero-order valence-corrected chi connectivity index (χ0v) is 10.5. The highest BCUT2D eigenvalue weighted by atomic mass is 32.2. The molecule has 17 heavy (non-hydrogen) atoms. The molecule has 0 radical (unpaired) electrons. The summed E-state index contributed by atoms with van der Waals surface area (Å²) in [6, 6.07) is -0.223. The molecule has 2 aliphatic heterocycles. The summed E-state index contributed by atoms with van der Waals surface area (Å²) >= 11 is 0. The quantitative estimate of drug-likeness (QED) is 0.534. The number of nitrogens with zero attached hydrogens (tertiary/aromatic N) is 3. The van der Waals surface area contributed by atoms with E-state index >= 15 is 0 Å². The van der Waals surface area contributed by atoms with Crippen molar-refractivity contribution in [1.29, 1.82) is 0 Å². The van der Waals surface area contributed by atoms with Crippen molar-refractivity contribution in [1.82, 2.24) is 8.61 Å². The molecule has 0 bridgehead atoms. The van der Waals surface area contributed by atoms with Gasteiger partial charge in [0.15, 0.2) is 0 Å². The van der Waals surface area contributed by atoms with Crippen molar-refractivity contribution in [2.24, 2.45) is 4.99 Å². The van der Waals surface area contributed by atoms with Crippen molar-refractivity contribution in [2.45, 2.75) is 31.7 Å². The van der Waals surface area contributed by atoms with E-state index in [4.69, 9.17) is 0 Å². The molecule has 0 N–H and O–H groups in total. The van der Waals surface area contributed by atoms with Crippen LogP contribution in [0.5, 0.6) is 0 Å². The summed E-state index contributed by atoms with van der Waals surface area (Å²) in [5.41, 5.74) is 0. The standard InChI is InChI=1S/C10H17N3O3S/c14-9-11-10-4-3-7-13(8-10)17(15,16)12-5-1-2-6-12/h10H,1-8H2. The fraction of sp³-hybridized carbons (Fsp3) is 0.900. The van der Waals surface area contributed by atoms with E-state index in [1.165, 1.54) is 14.7 Å². The molecule has 0 spiro atoms. The van der Waals surface area contributed by atoms with Crippen LogP contribution in [-0.4, -0.2) is 55.3 Å². The molecular formula is C10H17N3O3S. The predicted octanol–water partition coefficient (Wildman–Crippen LogP) is 0.127. The van der Waals surface area contributed by atoms with E-state index in [2.05, 4.69) is 4.99 Å². The number of carbonyl (C=O) groups excluding carboxylic acids is 1. The monoisotopic (exact) mass is 259 g/mol. The highest BCUT2D eigenvalue weighted by Gasteiger charge is 2.34. The van der Waals surface area contributed by atoms with Crippen LogP contribution in [0.3, 0.4) is 0 Å². The van der Waals surface area contributed by atoms with Crippen LogP contribution in [0.4, 0.5) is 0 Å². The van der Waals surface area contributed by atoms with Gasteiger partial charge in [0.1, 0.15) is 0 Å². The van der Waals surface area contributed by atoms with Gasteiger partial charge in [-0.3, -0.25) is 0 Å². The van der Waals surface area contributed by atoms with Crippen molar-refractivity contribution in [3.8, 4) is 0 Å². The van der Waals surface area contributed by atoms with Gasteiger partial charge in [-0.1, -0.05) is 0 Å². The molecule has 2 heterocycles. The summed E-state index contributed by atoms with van der Waals surface area (Å²) in [5.74, 6) is 0. The van der Waals surface area contributed by atoms with Crippen LogP contribution in [0.1, 0.15) is 25.7 Å². The maximum Gasteiger partial charge on any atom is 0.282 e. The number of rotatable bonds is 3. The van der Waals surface area contributed by atoms with Crippen molar-refractivity contribution >= 4 is 16.3 Å². The lowest BCUT2D eigenvalue weighted by Gasteiger charge is -2.32. The molecule has 96 valence electrons. The molecule has 2 fully saturated rings. The van der Waals surface area contributed by atoms with E-state index in [1.807, 2.05) is 0 Å². The molecule has 0 aromatic heterocycles. The van der Waals surface area contributed by atoms with Crippen LogP contribution >= 0.6 is 0 Å². The number of hydrogen-bond donors (Lipinski definition) is 0. The van der Waals surface area contributed by atoms with E-state index in [0.717, 1.165) is 25.7 Å². The Morgan fingerprint density at radius 2 is 1.71 bits per heavy atom. The van der Waals surface area contributed by atoms with Gasteiger partial charge in [-0.25, -0.2) is 9.79 Å². The van der Waals surface area contributed by atoms with Crippen LogP contribution in [-0.2, 0) is 15.0 Å². The molecule has 2 rings (SSSR count). The summed E-state index contributed by atoms with van der Waals surface area (Å²) in [5, 5.41) is 0. The second kappa shape index (κ2) is 5.27. The number of aliphatic imine (C=N–C) groups is 1. The summed E-state index contributed by atoms with van der Waals surface area (Å²) in [6.07, 6.45) is 4.90. The molecule has 2 aliphatic rings. The van der Waals surface area contributed by atoms with Crippen molar-refractivity contribution in [3.63, 3.8) is 0 Å². The van der Waals surface area contributed by atoms with Crippen LogP contribution in [0.15, 0.2) is 4.99 Å². The third-order valence-corrected chi connectivity index (χ3v) is 5.31. The lowest BCUT2D eigenvalue weighted by Crippen LogP contribution is -2.48. The van der Waals surface area contributed by atoms with Crippen LogP contribution in [0.25, 0.3) is 0 Å². The third-order valence-electron chi connectivity index (χ3n) is 3.31. The van der Waals surface area contributed by atoms with Gasteiger partial charge >= 0.3 is 0 Å². The summed E-state index contributed by atoms with van der Waals surface area (Å²) in [6.45, 7) is 2.07. The first-order chi connectivity index (χ1) is 8.14. The Hall–Kier alpha value is -0.750. The fourth-order valence-electron chi connectivity index (χ4n) is 2.39. The number of isocyanates is 1. The second-order valence-corrected chi connectivity index (χ2v) is 6.42. The Labute approximate surface area is 101 Å². The normalized spacial score (nSPS) is 27.9. The topological polar surface area (TPSA) is 70.0 Å². The smallest absolute Gasteiger partial charge is 0.211 e. The fourth-order valence-corrected chi connectivity index (χ4v) is 4.16. The van der Waals surface area contributed by atoms with E-state index in [1.54, 1.807) is 0 Å². The average molecular weight is 259 g/mol. The second-order valence-electron chi connectivity index (χ2n) is 4.49. The molecular weight excluding hydrogens is 242 g/mol. The SMILES string of the molecule is O=C=NC1CCCN(S(=O)(=O)N2CCCC2)C1. The zero-order chi connectivity index (χ0) is 12.3. The first-order valence-electron chi connectivity index (χ1n) is 5.97. The minimum Gasteiger partial charge on any atom is -0.211 e. The van der Waals surface area contributed by atoms with Crippen molar-refractivity contribution in [3.05, 3.63) is 0 Å². The minimum absolute atomic E-state index is 0.223. The van der Waals surface area contributed by atoms with Crippen LogP contribution < -0.4 is 0 Å². The van der Waals surface area contributed by atoms with Gasteiger partial charge in [0.2, 0.25) is 6.08 Å². The van der Waals surface area contributed by atoms with Gasteiger partial charge < -0.3 is 0 Å². The molecule has 1 unspecified atom stereocenters. The van der Waals surface area contributed by atoms with Gasteiger partial charge in [-0.15, -0.1) is 0 Å². The Bertz CT molecular complexity index is 411. The largest absolute Gasteiger partial charge is 0.282 e. The lowest BCUT2D eigenvalue weighted by atomic mass is 10.1. The molecule has 1 atom stereocenters. The van der Waals surface area contributed by atoms with Crippen molar-refractivity contribution < 1.29 is 13.2 Å². The lowest BCUT2D eigenvalue weighted by molar-refractivity contribution is 0.293. The van der Waals surface area contributed by atoms with Crippen LogP contribution in [0, 0.1) is 0 Å². The third kappa shape index (κ3) is 2.74. The maximum absolute atomic E-state index is 12.2. The van der Waals surface area contributed by atoms with E-state index in [0.29, 0.717) is 26.2 Å². The Morgan fingerprint density at radius 3 is 2.35 bits per heavy atom.